The molecule has 1 aliphatic rings. The van der Waals surface area contributed by atoms with Gasteiger partial charge in [0, 0.05) is 13.2 Å². The number of esters is 1. The molecule has 88 valence electrons. The number of carbonyl (C=O) groups excluding carboxylic acids is 1. The molecule has 1 N–H and O–H groups in total. The van der Waals surface area contributed by atoms with E-state index in [4.69, 9.17) is 9.47 Å². The number of methoxy groups -OCH3 is 1. The first-order valence-electron chi connectivity index (χ1n) is 5.70. The van der Waals surface area contributed by atoms with Crippen molar-refractivity contribution in [3.63, 3.8) is 0 Å². The van der Waals surface area contributed by atoms with Crippen molar-refractivity contribution >= 4 is 5.97 Å². The molecule has 0 saturated carbocycles. The van der Waals surface area contributed by atoms with Crippen LogP contribution in [0.15, 0.2) is 0 Å². The van der Waals surface area contributed by atoms with Gasteiger partial charge < -0.3 is 14.8 Å². The van der Waals surface area contributed by atoms with E-state index in [1.165, 1.54) is 7.11 Å². The number of hydrogen-bond donors (Lipinski definition) is 1. The Balaban J connectivity index is 2.26. The van der Waals surface area contributed by atoms with Gasteiger partial charge in [-0.25, -0.2) is 0 Å². The molecule has 1 heterocycles. The van der Waals surface area contributed by atoms with Gasteiger partial charge in [0.1, 0.15) is 6.04 Å². The summed E-state index contributed by atoms with van der Waals surface area (Å²) in [6.45, 7) is 3.66. The van der Waals surface area contributed by atoms with Gasteiger partial charge in [-0.05, 0) is 19.3 Å². The van der Waals surface area contributed by atoms with Crippen LogP contribution < -0.4 is 5.32 Å². The highest BCUT2D eigenvalue weighted by Gasteiger charge is 2.21. The first-order valence-corrected chi connectivity index (χ1v) is 5.70. The summed E-state index contributed by atoms with van der Waals surface area (Å²) in [5.74, 6) is -0.171. The second-order valence-corrected chi connectivity index (χ2v) is 3.91. The van der Waals surface area contributed by atoms with E-state index in [9.17, 15) is 4.79 Å². The third kappa shape index (κ3) is 4.18. The Hall–Kier alpha value is -0.610. The summed E-state index contributed by atoms with van der Waals surface area (Å²) in [5.41, 5.74) is 0. The highest BCUT2D eigenvalue weighted by Crippen LogP contribution is 2.11. The molecule has 0 aromatic rings. The minimum absolute atomic E-state index is 0.171. The van der Waals surface area contributed by atoms with Crippen LogP contribution in [0.4, 0.5) is 0 Å². The molecule has 0 aliphatic carbocycles. The average molecular weight is 215 g/mol. The smallest absolute Gasteiger partial charge is 0.322 e. The van der Waals surface area contributed by atoms with E-state index in [-0.39, 0.29) is 18.1 Å². The normalized spacial score (nSPS) is 22.7. The Morgan fingerprint density at radius 2 is 2.47 bits per heavy atom. The molecule has 0 aromatic carbocycles. The van der Waals surface area contributed by atoms with E-state index >= 15 is 0 Å². The van der Waals surface area contributed by atoms with E-state index < -0.39 is 0 Å². The van der Waals surface area contributed by atoms with Crippen LogP contribution in [0.3, 0.4) is 0 Å². The molecule has 4 nitrogen and oxygen atoms in total. The van der Waals surface area contributed by atoms with Gasteiger partial charge in [-0.2, -0.15) is 0 Å². The van der Waals surface area contributed by atoms with Crippen molar-refractivity contribution < 1.29 is 14.3 Å². The molecular formula is C11H21NO3. The third-order valence-corrected chi connectivity index (χ3v) is 2.68. The van der Waals surface area contributed by atoms with E-state index in [0.717, 1.165) is 38.8 Å². The van der Waals surface area contributed by atoms with Crippen molar-refractivity contribution in [2.75, 3.05) is 20.3 Å². The van der Waals surface area contributed by atoms with Crippen molar-refractivity contribution in [2.45, 2.75) is 44.8 Å². The number of rotatable bonds is 6. The van der Waals surface area contributed by atoms with Crippen LogP contribution in [-0.4, -0.2) is 38.4 Å². The van der Waals surface area contributed by atoms with Gasteiger partial charge in [0.05, 0.1) is 13.2 Å². The lowest BCUT2D eigenvalue weighted by Crippen LogP contribution is -2.41. The van der Waals surface area contributed by atoms with Crippen LogP contribution in [0.5, 0.6) is 0 Å². The van der Waals surface area contributed by atoms with Crippen LogP contribution in [0.1, 0.15) is 32.6 Å². The fraction of sp³-hybridized carbons (Fsp3) is 0.909. The number of nitrogens with one attached hydrogen (secondary N) is 1. The van der Waals surface area contributed by atoms with Crippen molar-refractivity contribution in [3.05, 3.63) is 0 Å². The van der Waals surface area contributed by atoms with Crippen molar-refractivity contribution in [1.82, 2.24) is 5.32 Å². The van der Waals surface area contributed by atoms with Gasteiger partial charge in [-0.1, -0.05) is 13.3 Å². The average Bonchev–Trinajstić information content (AvgIpc) is 2.76. The van der Waals surface area contributed by atoms with Crippen molar-refractivity contribution in [3.8, 4) is 0 Å². The van der Waals surface area contributed by atoms with Gasteiger partial charge in [0.2, 0.25) is 0 Å². The Kier molecular flexibility index (Phi) is 5.65. The van der Waals surface area contributed by atoms with Crippen molar-refractivity contribution in [2.24, 2.45) is 0 Å². The molecule has 1 aliphatic heterocycles. The first-order chi connectivity index (χ1) is 7.27. The van der Waals surface area contributed by atoms with Gasteiger partial charge in [-0.15, -0.1) is 0 Å². The Morgan fingerprint density at radius 3 is 3.00 bits per heavy atom. The minimum atomic E-state index is -0.177. The fourth-order valence-corrected chi connectivity index (χ4v) is 1.81. The standard InChI is InChI=1S/C11H21NO3/c1-3-5-10(11(13)14-2)12-8-9-6-4-7-15-9/h9-10,12H,3-8H2,1-2H3. The van der Waals surface area contributed by atoms with Gasteiger partial charge in [0.25, 0.3) is 0 Å². The number of carbonyl (C=O) groups is 1. The third-order valence-electron chi connectivity index (χ3n) is 2.68. The summed E-state index contributed by atoms with van der Waals surface area (Å²) >= 11 is 0. The van der Waals surface area contributed by atoms with Crippen LogP contribution in [0.2, 0.25) is 0 Å². The highest BCUT2D eigenvalue weighted by molar-refractivity contribution is 5.75. The lowest BCUT2D eigenvalue weighted by atomic mass is 10.1. The summed E-state index contributed by atoms with van der Waals surface area (Å²) in [7, 11) is 1.43. The van der Waals surface area contributed by atoms with Crippen LogP contribution in [-0.2, 0) is 14.3 Å². The Labute approximate surface area is 91.3 Å². The largest absolute Gasteiger partial charge is 0.468 e. The molecule has 1 rings (SSSR count). The van der Waals surface area contributed by atoms with Crippen molar-refractivity contribution in [1.29, 1.82) is 0 Å². The lowest BCUT2D eigenvalue weighted by molar-refractivity contribution is -0.143. The summed E-state index contributed by atoms with van der Waals surface area (Å²) < 4.78 is 10.2. The summed E-state index contributed by atoms with van der Waals surface area (Å²) in [6.07, 6.45) is 4.28. The summed E-state index contributed by atoms with van der Waals surface area (Å²) in [6, 6.07) is -0.177. The zero-order chi connectivity index (χ0) is 11.1. The Morgan fingerprint density at radius 1 is 1.67 bits per heavy atom. The predicted octanol–water partition coefficient (Wildman–Crippen LogP) is 1.10. The zero-order valence-corrected chi connectivity index (χ0v) is 9.62. The predicted molar refractivity (Wildman–Crippen MR) is 57.7 cm³/mol. The molecule has 2 unspecified atom stereocenters. The molecule has 4 heteroatoms. The fourth-order valence-electron chi connectivity index (χ4n) is 1.81. The number of ether oxygens (including phenoxy) is 2. The maximum atomic E-state index is 11.4. The molecule has 0 bridgehead atoms. The van der Waals surface area contributed by atoms with Gasteiger partial charge >= 0.3 is 5.97 Å². The highest BCUT2D eigenvalue weighted by atomic mass is 16.5. The molecule has 15 heavy (non-hydrogen) atoms. The lowest BCUT2D eigenvalue weighted by Gasteiger charge is -2.18. The van der Waals surface area contributed by atoms with Gasteiger partial charge in [0.15, 0.2) is 0 Å². The molecular weight excluding hydrogens is 194 g/mol. The molecule has 0 radical (unpaired) electrons. The monoisotopic (exact) mass is 215 g/mol. The van der Waals surface area contributed by atoms with E-state index in [0.29, 0.717) is 0 Å². The first kappa shape index (κ1) is 12.5. The van der Waals surface area contributed by atoms with Gasteiger partial charge in [-0.3, -0.25) is 4.79 Å². The quantitative estimate of drug-likeness (QED) is 0.674. The Bertz CT molecular complexity index is 190. The summed E-state index contributed by atoms with van der Waals surface area (Å²) in [5, 5.41) is 3.21. The second kappa shape index (κ2) is 6.80. The van der Waals surface area contributed by atoms with E-state index in [1.54, 1.807) is 0 Å². The topological polar surface area (TPSA) is 47.6 Å². The maximum Gasteiger partial charge on any atom is 0.322 e. The second-order valence-electron chi connectivity index (χ2n) is 3.91. The number of hydrogen-bond acceptors (Lipinski definition) is 4. The SMILES string of the molecule is CCCC(NCC1CCCO1)C(=O)OC. The molecule has 2 atom stereocenters. The molecule has 0 amide bonds. The van der Waals surface area contributed by atoms with E-state index in [2.05, 4.69) is 12.2 Å². The minimum Gasteiger partial charge on any atom is -0.468 e. The molecule has 0 aromatic heterocycles. The van der Waals surface area contributed by atoms with Crippen LogP contribution >= 0.6 is 0 Å². The van der Waals surface area contributed by atoms with Crippen LogP contribution in [0.25, 0.3) is 0 Å². The molecule has 0 spiro atoms. The zero-order valence-electron chi connectivity index (χ0n) is 9.62. The van der Waals surface area contributed by atoms with Crippen LogP contribution in [0, 0.1) is 0 Å². The summed E-state index contributed by atoms with van der Waals surface area (Å²) in [4.78, 5) is 11.4. The molecule has 1 saturated heterocycles. The maximum absolute atomic E-state index is 11.4. The van der Waals surface area contributed by atoms with E-state index in [1.807, 2.05) is 0 Å². The molecule has 1 fully saturated rings.